The lowest BCUT2D eigenvalue weighted by Crippen LogP contribution is -2.42. The Bertz CT molecular complexity index is 506. The van der Waals surface area contributed by atoms with Crippen molar-refractivity contribution >= 4 is 11.8 Å². The minimum atomic E-state index is -0.472. The van der Waals surface area contributed by atoms with Crippen molar-refractivity contribution in [1.29, 1.82) is 0 Å². The number of alkyl carbamates (subject to hydrolysis) is 1. The van der Waals surface area contributed by atoms with Gasteiger partial charge < -0.3 is 15.4 Å². The van der Waals surface area contributed by atoms with Gasteiger partial charge in [-0.1, -0.05) is 6.07 Å². The first-order valence-corrected chi connectivity index (χ1v) is 7.83. The number of carbonyl (C=O) groups is 1. The van der Waals surface area contributed by atoms with E-state index in [1.165, 1.54) is 12.1 Å². The summed E-state index contributed by atoms with van der Waals surface area (Å²) < 4.78 is 18.4. The molecule has 0 atom stereocenters. The summed E-state index contributed by atoms with van der Waals surface area (Å²) in [6.45, 7) is 5.56. The van der Waals surface area contributed by atoms with Gasteiger partial charge in [-0.25, -0.2) is 9.18 Å². The van der Waals surface area contributed by atoms with Gasteiger partial charge in [0.05, 0.1) is 0 Å². The lowest BCUT2D eigenvalue weighted by molar-refractivity contribution is 0.0492. The quantitative estimate of drug-likeness (QED) is 0.885. The molecule has 5 heteroatoms. The van der Waals surface area contributed by atoms with Crippen molar-refractivity contribution in [2.24, 2.45) is 0 Å². The Balaban J connectivity index is 1.75. The minimum absolute atomic E-state index is 0.153. The fourth-order valence-electron chi connectivity index (χ4n) is 2.67. The number of carbonyl (C=O) groups excluding carboxylic acids is 1. The van der Waals surface area contributed by atoms with Crippen molar-refractivity contribution in [3.63, 3.8) is 0 Å². The largest absolute Gasteiger partial charge is 0.444 e. The summed E-state index contributed by atoms with van der Waals surface area (Å²) in [5, 5.41) is 6.27. The Kier molecular flexibility index (Phi) is 5.27. The molecule has 1 aromatic rings. The topological polar surface area (TPSA) is 50.4 Å². The van der Waals surface area contributed by atoms with Gasteiger partial charge >= 0.3 is 6.09 Å². The van der Waals surface area contributed by atoms with Gasteiger partial charge in [-0.3, -0.25) is 0 Å². The summed E-state index contributed by atoms with van der Waals surface area (Å²) in [7, 11) is 0. The Morgan fingerprint density at radius 1 is 1.18 bits per heavy atom. The molecule has 4 nitrogen and oxygen atoms in total. The summed E-state index contributed by atoms with van der Waals surface area (Å²) in [6.07, 6.45) is 3.32. The predicted octanol–water partition coefficient (Wildman–Crippen LogP) is 4.07. The molecular weight excluding hydrogens is 283 g/mol. The molecule has 0 radical (unpaired) electrons. The van der Waals surface area contributed by atoms with E-state index in [9.17, 15) is 9.18 Å². The molecule has 1 aromatic carbocycles. The molecule has 1 aliphatic rings. The third-order valence-electron chi connectivity index (χ3n) is 3.64. The molecule has 0 bridgehead atoms. The fourth-order valence-corrected chi connectivity index (χ4v) is 2.67. The van der Waals surface area contributed by atoms with Crippen molar-refractivity contribution < 1.29 is 13.9 Å². The highest BCUT2D eigenvalue weighted by atomic mass is 19.1. The molecule has 22 heavy (non-hydrogen) atoms. The first-order valence-electron chi connectivity index (χ1n) is 7.83. The molecule has 2 rings (SSSR count). The number of nitrogens with one attached hydrogen (secondary N) is 2. The van der Waals surface area contributed by atoms with Gasteiger partial charge in [-0.05, 0) is 64.7 Å². The number of amides is 1. The molecule has 1 aliphatic carbocycles. The van der Waals surface area contributed by atoms with Gasteiger partial charge in [-0.2, -0.15) is 0 Å². The average Bonchev–Trinajstić information content (AvgIpc) is 2.39. The van der Waals surface area contributed by atoms with E-state index in [4.69, 9.17) is 4.74 Å². The van der Waals surface area contributed by atoms with Crippen LogP contribution in [-0.4, -0.2) is 23.8 Å². The van der Waals surface area contributed by atoms with Crippen molar-refractivity contribution in [2.75, 3.05) is 5.32 Å². The van der Waals surface area contributed by atoms with E-state index in [-0.39, 0.29) is 18.0 Å². The van der Waals surface area contributed by atoms with E-state index in [0.29, 0.717) is 6.04 Å². The van der Waals surface area contributed by atoms with Crippen LogP contribution in [0.3, 0.4) is 0 Å². The third kappa shape index (κ3) is 5.54. The number of rotatable bonds is 3. The summed E-state index contributed by atoms with van der Waals surface area (Å²) in [4.78, 5) is 11.7. The van der Waals surface area contributed by atoms with Gasteiger partial charge in [0.2, 0.25) is 0 Å². The molecule has 0 saturated heterocycles. The smallest absolute Gasteiger partial charge is 0.407 e. The Morgan fingerprint density at radius 2 is 1.82 bits per heavy atom. The van der Waals surface area contributed by atoms with Crippen LogP contribution in [-0.2, 0) is 4.74 Å². The van der Waals surface area contributed by atoms with E-state index in [0.717, 1.165) is 31.4 Å². The highest BCUT2D eigenvalue weighted by Crippen LogP contribution is 2.23. The SMILES string of the molecule is CC(C)(C)OC(=O)NC1CCC(Nc2cccc(F)c2)CC1. The minimum Gasteiger partial charge on any atom is -0.444 e. The van der Waals surface area contributed by atoms with Gasteiger partial charge in [0.1, 0.15) is 11.4 Å². The fraction of sp³-hybridized carbons (Fsp3) is 0.588. The molecule has 1 saturated carbocycles. The molecule has 0 aromatic heterocycles. The van der Waals surface area contributed by atoms with Crippen LogP contribution >= 0.6 is 0 Å². The van der Waals surface area contributed by atoms with E-state index < -0.39 is 5.60 Å². The zero-order chi connectivity index (χ0) is 16.2. The van der Waals surface area contributed by atoms with Gasteiger partial charge in [0.15, 0.2) is 0 Å². The Labute approximate surface area is 131 Å². The van der Waals surface area contributed by atoms with Crippen molar-refractivity contribution in [3.8, 4) is 0 Å². The lowest BCUT2D eigenvalue weighted by Gasteiger charge is -2.31. The standard InChI is InChI=1S/C17H25FN2O2/c1-17(2,3)22-16(21)20-14-9-7-13(8-10-14)19-15-6-4-5-12(18)11-15/h4-6,11,13-14,19H,7-10H2,1-3H3,(H,20,21). The molecule has 2 N–H and O–H groups in total. The molecule has 0 spiro atoms. The van der Waals surface area contributed by atoms with Crippen LogP contribution in [0.1, 0.15) is 46.5 Å². The lowest BCUT2D eigenvalue weighted by atomic mass is 9.91. The molecule has 122 valence electrons. The van der Waals surface area contributed by atoms with Gasteiger partial charge in [-0.15, -0.1) is 0 Å². The summed E-state index contributed by atoms with van der Waals surface area (Å²) in [6, 6.07) is 6.98. The van der Waals surface area contributed by atoms with E-state index in [2.05, 4.69) is 10.6 Å². The normalized spacial score (nSPS) is 22.0. The van der Waals surface area contributed by atoms with E-state index in [1.807, 2.05) is 26.8 Å². The van der Waals surface area contributed by atoms with Crippen molar-refractivity contribution in [2.45, 2.75) is 64.1 Å². The number of benzene rings is 1. The molecule has 0 unspecified atom stereocenters. The number of anilines is 1. The highest BCUT2D eigenvalue weighted by molar-refractivity contribution is 5.68. The average molecular weight is 308 g/mol. The second-order valence-electron chi connectivity index (χ2n) is 6.85. The van der Waals surface area contributed by atoms with Gasteiger partial charge in [0, 0.05) is 17.8 Å². The monoisotopic (exact) mass is 308 g/mol. The zero-order valence-corrected chi connectivity index (χ0v) is 13.5. The zero-order valence-electron chi connectivity index (χ0n) is 13.5. The third-order valence-corrected chi connectivity index (χ3v) is 3.64. The summed E-state index contributed by atoms with van der Waals surface area (Å²) in [5.74, 6) is -0.231. The van der Waals surface area contributed by atoms with Gasteiger partial charge in [0.25, 0.3) is 0 Å². The maximum atomic E-state index is 13.2. The van der Waals surface area contributed by atoms with E-state index in [1.54, 1.807) is 6.07 Å². The molecule has 1 fully saturated rings. The molecular formula is C17H25FN2O2. The van der Waals surface area contributed by atoms with Crippen LogP contribution in [0.15, 0.2) is 24.3 Å². The highest BCUT2D eigenvalue weighted by Gasteiger charge is 2.24. The predicted molar refractivity (Wildman–Crippen MR) is 85.4 cm³/mol. The number of hydrogen-bond donors (Lipinski definition) is 2. The maximum absolute atomic E-state index is 13.2. The summed E-state index contributed by atoms with van der Waals surface area (Å²) >= 11 is 0. The van der Waals surface area contributed by atoms with Crippen molar-refractivity contribution in [3.05, 3.63) is 30.1 Å². The molecule has 1 amide bonds. The van der Waals surface area contributed by atoms with Crippen LogP contribution in [0.25, 0.3) is 0 Å². The second-order valence-corrected chi connectivity index (χ2v) is 6.85. The number of ether oxygens (including phenoxy) is 1. The molecule has 0 heterocycles. The van der Waals surface area contributed by atoms with Crippen LogP contribution in [0.2, 0.25) is 0 Å². The van der Waals surface area contributed by atoms with E-state index >= 15 is 0 Å². The molecule has 0 aliphatic heterocycles. The van der Waals surface area contributed by atoms with Crippen LogP contribution < -0.4 is 10.6 Å². The van der Waals surface area contributed by atoms with Crippen molar-refractivity contribution in [1.82, 2.24) is 5.32 Å². The summed E-state index contributed by atoms with van der Waals surface area (Å²) in [5.41, 5.74) is 0.337. The first-order chi connectivity index (χ1) is 10.3. The van der Waals surface area contributed by atoms with Crippen LogP contribution in [0.5, 0.6) is 0 Å². The Hall–Kier alpha value is -1.78. The Morgan fingerprint density at radius 3 is 2.41 bits per heavy atom. The number of hydrogen-bond acceptors (Lipinski definition) is 3. The number of halogens is 1. The second kappa shape index (κ2) is 6.99. The maximum Gasteiger partial charge on any atom is 0.407 e. The van der Waals surface area contributed by atoms with Crippen LogP contribution in [0, 0.1) is 5.82 Å². The first kappa shape index (κ1) is 16.6. The van der Waals surface area contributed by atoms with Crippen LogP contribution in [0.4, 0.5) is 14.9 Å².